The van der Waals surface area contributed by atoms with Crippen molar-refractivity contribution in [3.05, 3.63) is 88.5 Å². The highest BCUT2D eigenvalue weighted by Gasteiger charge is 2.17. The summed E-state index contributed by atoms with van der Waals surface area (Å²) < 4.78 is 25.0. The number of Topliss-reactive ketones (excluding diaryl/α,β-unsaturated/α-hetero) is 1. The Hall–Kier alpha value is -2.90. The van der Waals surface area contributed by atoms with Crippen molar-refractivity contribution in [2.45, 2.75) is 23.5 Å². The quantitative estimate of drug-likeness (QED) is 0.450. The number of aromatic nitrogens is 2. The van der Waals surface area contributed by atoms with Crippen molar-refractivity contribution in [1.82, 2.24) is 9.97 Å². The molecule has 4 aromatic rings. The third kappa shape index (κ3) is 4.58. The summed E-state index contributed by atoms with van der Waals surface area (Å²) in [6.45, 7) is 0. The van der Waals surface area contributed by atoms with Gasteiger partial charge in [-0.2, -0.15) is 0 Å². The molecule has 0 unspecified atom stereocenters. The Kier molecular flexibility index (Phi) is 5.51. The van der Waals surface area contributed by atoms with Gasteiger partial charge in [-0.1, -0.05) is 36.4 Å². The Morgan fingerprint density at radius 3 is 2.45 bits per heavy atom. The number of benzene rings is 2. The van der Waals surface area contributed by atoms with Crippen molar-refractivity contribution in [2.24, 2.45) is 0 Å². The molecule has 0 aliphatic carbocycles. The van der Waals surface area contributed by atoms with E-state index in [9.17, 15) is 13.2 Å². The zero-order valence-corrected chi connectivity index (χ0v) is 17.1. The van der Waals surface area contributed by atoms with Gasteiger partial charge in [0.2, 0.25) is 0 Å². The van der Waals surface area contributed by atoms with Crippen molar-refractivity contribution in [2.75, 3.05) is 0 Å². The molecule has 2 aromatic heterocycles. The van der Waals surface area contributed by atoms with Crippen LogP contribution in [0.15, 0.2) is 77.3 Å². The Bertz CT molecular complexity index is 1240. The number of fused-ring (bicyclic) bond motifs is 1. The van der Waals surface area contributed by atoms with E-state index in [2.05, 4.69) is 9.97 Å². The topological polar surface area (TPSA) is 77.0 Å². The molecule has 0 amide bonds. The summed E-state index contributed by atoms with van der Waals surface area (Å²) in [6, 6.07) is 16.2. The number of sulfone groups is 1. The predicted octanol–water partition coefficient (Wildman–Crippen LogP) is 4.02. The summed E-state index contributed by atoms with van der Waals surface area (Å²) in [6.07, 6.45) is 3.85. The lowest BCUT2D eigenvalue weighted by molar-refractivity contribution is -0.117. The van der Waals surface area contributed by atoms with Crippen LogP contribution in [0.3, 0.4) is 0 Å². The van der Waals surface area contributed by atoms with E-state index in [1.807, 2.05) is 30.3 Å². The first-order valence-electron chi connectivity index (χ1n) is 9.06. The largest absolute Gasteiger partial charge is 0.299 e. The van der Waals surface area contributed by atoms with Crippen LogP contribution in [-0.2, 0) is 33.2 Å². The van der Waals surface area contributed by atoms with Gasteiger partial charge in [0.15, 0.2) is 9.84 Å². The van der Waals surface area contributed by atoms with Crippen LogP contribution in [0.1, 0.15) is 16.1 Å². The van der Waals surface area contributed by atoms with Crippen LogP contribution in [0.2, 0.25) is 0 Å². The van der Waals surface area contributed by atoms with Gasteiger partial charge >= 0.3 is 0 Å². The Morgan fingerprint density at radius 1 is 0.897 bits per heavy atom. The molecule has 146 valence electrons. The average Bonchev–Trinajstić information content (AvgIpc) is 3.21. The second-order valence-corrected chi connectivity index (χ2v) is 9.68. The lowest BCUT2D eigenvalue weighted by Gasteiger charge is -2.07. The summed E-state index contributed by atoms with van der Waals surface area (Å²) in [5, 5.41) is 3.32. The monoisotopic (exact) mass is 422 g/mol. The second kappa shape index (κ2) is 8.23. The predicted molar refractivity (Wildman–Crippen MR) is 114 cm³/mol. The molecule has 2 heterocycles. The second-order valence-electron chi connectivity index (χ2n) is 6.71. The molecule has 4 rings (SSSR count). The van der Waals surface area contributed by atoms with E-state index in [0.717, 1.165) is 22.0 Å². The first-order valence-corrected chi connectivity index (χ1v) is 11.6. The molecule has 0 atom stereocenters. The average molecular weight is 423 g/mol. The molecule has 0 saturated heterocycles. The van der Waals surface area contributed by atoms with Crippen LogP contribution in [0, 0.1) is 0 Å². The maximum absolute atomic E-state index is 12.6. The number of nitrogens with zero attached hydrogens (tertiary/aromatic N) is 2. The minimum absolute atomic E-state index is 0.0570. The third-order valence-electron chi connectivity index (χ3n) is 4.58. The van der Waals surface area contributed by atoms with Gasteiger partial charge in [-0.15, -0.1) is 11.3 Å². The number of thiazole rings is 1. The highest BCUT2D eigenvalue weighted by molar-refractivity contribution is 7.90. The number of carbonyl (C=O) groups is 1. The van der Waals surface area contributed by atoms with Crippen LogP contribution in [0.25, 0.3) is 10.9 Å². The number of hydrogen-bond acceptors (Lipinski definition) is 6. The van der Waals surface area contributed by atoms with Crippen LogP contribution in [0.4, 0.5) is 0 Å². The van der Waals surface area contributed by atoms with E-state index in [0.29, 0.717) is 11.4 Å². The number of hydrogen-bond donors (Lipinski definition) is 0. The smallest absolute Gasteiger partial charge is 0.184 e. The highest BCUT2D eigenvalue weighted by Crippen LogP contribution is 2.20. The first kappa shape index (κ1) is 19.4. The summed E-state index contributed by atoms with van der Waals surface area (Å²) in [5.74, 6) is -0.0571. The van der Waals surface area contributed by atoms with E-state index < -0.39 is 9.84 Å². The normalized spacial score (nSPS) is 11.6. The third-order valence-corrected chi connectivity index (χ3v) is 7.19. The molecule has 5 nitrogen and oxygen atoms in total. The molecule has 0 fully saturated rings. The molecule has 0 spiro atoms. The lowest BCUT2D eigenvalue weighted by atomic mass is 10.0. The van der Waals surface area contributed by atoms with E-state index in [4.69, 9.17) is 0 Å². The van der Waals surface area contributed by atoms with Gasteiger partial charge < -0.3 is 0 Å². The zero-order chi connectivity index (χ0) is 20.3. The number of carbonyl (C=O) groups excluding carboxylic acids is 1. The molecule has 0 aliphatic rings. The molecule has 0 saturated carbocycles. The Balaban J connectivity index is 1.45. The summed E-state index contributed by atoms with van der Waals surface area (Å²) in [4.78, 5) is 21.2. The molecule has 2 aromatic carbocycles. The molecular weight excluding hydrogens is 404 g/mol. The Labute approximate surface area is 173 Å². The van der Waals surface area contributed by atoms with Crippen molar-refractivity contribution < 1.29 is 13.2 Å². The summed E-state index contributed by atoms with van der Waals surface area (Å²) in [5.41, 5.74) is 2.53. The van der Waals surface area contributed by atoms with E-state index >= 15 is 0 Å². The molecule has 29 heavy (non-hydrogen) atoms. The fourth-order valence-corrected chi connectivity index (χ4v) is 5.45. The zero-order valence-electron chi connectivity index (χ0n) is 15.5. The standard InChI is InChI=1S/C22H18N2O3S2/c25-19(14-18-4-1-3-17-5-2-10-24-22(17)18)13-16-6-8-20(9-7-16)29(26,27)15-21-23-11-12-28-21/h1-12H,13-15H2. The fourth-order valence-electron chi connectivity index (χ4n) is 3.20. The van der Waals surface area contributed by atoms with Gasteiger partial charge in [-0.25, -0.2) is 13.4 Å². The van der Waals surface area contributed by atoms with Crippen LogP contribution < -0.4 is 0 Å². The minimum Gasteiger partial charge on any atom is -0.299 e. The van der Waals surface area contributed by atoms with Gasteiger partial charge in [-0.05, 0) is 29.3 Å². The minimum atomic E-state index is -3.45. The van der Waals surface area contributed by atoms with Gasteiger partial charge in [-0.3, -0.25) is 9.78 Å². The number of para-hydroxylation sites is 1. The van der Waals surface area contributed by atoms with Crippen LogP contribution in [-0.4, -0.2) is 24.2 Å². The molecule has 0 radical (unpaired) electrons. The van der Waals surface area contributed by atoms with E-state index in [1.165, 1.54) is 11.3 Å². The lowest BCUT2D eigenvalue weighted by Crippen LogP contribution is -2.08. The molecule has 7 heteroatoms. The number of pyridine rings is 1. The van der Waals surface area contributed by atoms with Crippen molar-refractivity contribution in [3.8, 4) is 0 Å². The maximum atomic E-state index is 12.6. The fraction of sp³-hybridized carbons (Fsp3) is 0.136. The molecule has 0 aliphatic heterocycles. The van der Waals surface area contributed by atoms with E-state index in [1.54, 1.807) is 42.0 Å². The molecule has 0 N–H and O–H groups in total. The van der Waals surface area contributed by atoms with Crippen molar-refractivity contribution >= 4 is 37.9 Å². The van der Waals surface area contributed by atoms with E-state index in [-0.39, 0.29) is 22.9 Å². The first-order chi connectivity index (χ1) is 14.0. The summed E-state index contributed by atoms with van der Waals surface area (Å²) in [7, 11) is -3.45. The highest BCUT2D eigenvalue weighted by atomic mass is 32.2. The van der Waals surface area contributed by atoms with Gasteiger partial charge in [0.25, 0.3) is 0 Å². The molecular formula is C22H18N2O3S2. The summed E-state index contributed by atoms with van der Waals surface area (Å²) >= 11 is 1.32. The van der Waals surface area contributed by atoms with Gasteiger partial charge in [0, 0.05) is 36.0 Å². The van der Waals surface area contributed by atoms with Gasteiger partial charge in [0.1, 0.15) is 16.5 Å². The van der Waals surface area contributed by atoms with Crippen molar-refractivity contribution in [1.29, 1.82) is 0 Å². The molecule has 0 bridgehead atoms. The SMILES string of the molecule is O=C(Cc1ccc(S(=O)(=O)Cc2nccs2)cc1)Cc1cccc2cccnc12. The van der Waals surface area contributed by atoms with Crippen LogP contribution >= 0.6 is 11.3 Å². The van der Waals surface area contributed by atoms with Crippen molar-refractivity contribution in [3.63, 3.8) is 0 Å². The maximum Gasteiger partial charge on any atom is 0.184 e. The number of ketones is 1. The Morgan fingerprint density at radius 2 is 1.69 bits per heavy atom. The van der Waals surface area contributed by atoms with Gasteiger partial charge in [0.05, 0.1) is 10.4 Å². The van der Waals surface area contributed by atoms with Crippen LogP contribution in [0.5, 0.6) is 0 Å². The number of rotatable bonds is 7.